The van der Waals surface area contributed by atoms with Gasteiger partial charge in [0.05, 0.1) is 13.5 Å². The maximum Gasteiger partial charge on any atom is 0.387 e. The summed E-state index contributed by atoms with van der Waals surface area (Å²) in [5.41, 5.74) is 0.684. The average molecular weight is 216 g/mol. The lowest BCUT2D eigenvalue weighted by Gasteiger charge is -2.05. The van der Waals surface area contributed by atoms with E-state index in [9.17, 15) is 13.6 Å². The number of ether oxygens (including phenoxy) is 2. The van der Waals surface area contributed by atoms with Crippen LogP contribution < -0.4 is 4.74 Å². The third-order valence-electron chi connectivity index (χ3n) is 1.72. The summed E-state index contributed by atoms with van der Waals surface area (Å²) in [6.07, 6.45) is 0.117. The van der Waals surface area contributed by atoms with Crippen LogP contribution in [0.5, 0.6) is 5.75 Å². The van der Waals surface area contributed by atoms with Crippen LogP contribution in [0.3, 0.4) is 0 Å². The molecule has 0 aliphatic heterocycles. The zero-order chi connectivity index (χ0) is 11.3. The Balaban J connectivity index is 2.60. The van der Waals surface area contributed by atoms with Crippen LogP contribution in [0.15, 0.2) is 24.3 Å². The van der Waals surface area contributed by atoms with Crippen LogP contribution in [0.1, 0.15) is 5.56 Å². The second kappa shape index (κ2) is 5.29. The fraction of sp³-hybridized carbons (Fsp3) is 0.300. The molecular formula is C10H10F2O3. The molecule has 0 unspecified atom stereocenters. The van der Waals surface area contributed by atoms with Crippen LogP contribution in [0.4, 0.5) is 8.78 Å². The van der Waals surface area contributed by atoms with Crippen molar-refractivity contribution in [2.45, 2.75) is 13.0 Å². The van der Waals surface area contributed by atoms with E-state index in [1.807, 2.05) is 0 Å². The highest BCUT2D eigenvalue weighted by molar-refractivity contribution is 5.72. The molecule has 0 fully saturated rings. The number of carbonyl (C=O) groups excluding carboxylic acids is 1. The molecule has 0 spiro atoms. The van der Waals surface area contributed by atoms with Crippen LogP contribution in [-0.2, 0) is 16.0 Å². The fourth-order valence-electron chi connectivity index (χ4n) is 1.03. The molecule has 0 aliphatic carbocycles. The predicted molar refractivity (Wildman–Crippen MR) is 48.8 cm³/mol. The molecule has 0 atom stereocenters. The molecule has 0 N–H and O–H groups in total. The van der Waals surface area contributed by atoms with E-state index in [1.165, 1.54) is 31.4 Å². The Hall–Kier alpha value is -1.65. The van der Waals surface area contributed by atoms with E-state index >= 15 is 0 Å². The van der Waals surface area contributed by atoms with Gasteiger partial charge >= 0.3 is 12.6 Å². The smallest absolute Gasteiger partial charge is 0.387 e. The lowest BCUT2D eigenvalue weighted by molar-refractivity contribution is -0.139. The maximum atomic E-state index is 11.8. The summed E-state index contributed by atoms with van der Waals surface area (Å²) in [6, 6.07) is 5.83. The van der Waals surface area contributed by atoms with Crippen molar-refractivity contribution in [2.75, 3.05) is 7.11 Å². The lowest BCUT2D eigenvalue weighted by atomic mass is 10.1. The van der Waals surface area contributed by atoms with Crippen LogP contribution in [0.2, 0.25) is 0 Å². The summed E-state index contributed by atoms with van der Waals surface area (Å²) in [4.78, 5) is 10.9. The number of methoxy groups -OCH3 is 1. The first-order chi connectivity index (χ1) is 7.11. The molecule has 1 aromatic rings. The molecule has 0 amide bonds. The van der Waals surface area contributed by atoms with Crippen LogP contribution in [0.25, 0.3) is 0 Å². The summed E-state index contributed by atoms with van der Waals surface area (Å²) in [5.74, 6) is -0.309. The van der Waals surface area contributed by atoms with Gasteiger partial charge in [0.2, 0.25) is 0 Å². The van der Waals surface area contributed by atoms with E-state index in [4.69, 9.17) is 0 Å². The molecule has 0 aliphatic rings. The first-order valence-electron chi connectivity index (χ1n) is 4.22. The van der Waals surface area contributed by atoms with Gasteiger partial charge in [0.25, 0.3) is 0 Å². The number of alkyl halides is 2. The van der Waals surface area contributed by atoms with Gasteiger partial charge in [0, 0.05) is 0 Å². The first kappa shape index (κ1) is 11.4. The minimum Gasteiger partial charge on any atom is -0.469 e. The molecule has 0 bridgehead atoms. The molecule has 0 radical (unpaired) electrons. The van der Waals surface area contributed by atoms with E-state index in [0.717, 1.165) is 0 Å². The minimum atomic E-state index is -2.84. The Kier molecular flexibility index (Phi) is 4.03. The number of halogens is 2. The molecule has 3 nitrogen and oxygen atoms in total. The highest BCUT2D eigenvalue weighted by atomic mass is 19.3. The molecule has 5 heteroatoms. The zero-order valence-electron chi connectivity index (χ0n) is 8.07. The zero-order valence-corrected chi connectivity index (χ0v) is 8.07. The normalized spacial score (nSPS) is 10.1. The van der Waals surface area contributed by atoms with Crippen LogP contribution in [0, 0.1) is 0 Å². The van der Waals surface area contributed by atoms with Crippen molar-refractivity contribution in [2.24, 2.45) is 0 Å². The molecule has 0 saturated carbocycles. The van der Waals surface area contributed by atoms with Crippen molar-refractivity contribution in [1.82, 2.24) is 0 Å². The average Bonchev–Trinajstić information content (AvgIpc) is 2.20. The molecule has 0 aromatic heterocycles. The summed E-state index contributed by atoms with van der Waals surface area (Å²) in [5, 5.41) is 0. The Morgan fingerprint density at radius 3 is 2.40 bits per heavy atom. The topological polar surface area (TPSA) is 35.5 Å². The van der Waals surface area contributed by atoms with Crippen molar-refractivity contribution >= 4 is 5.97 Å². The Labute approximate surface area is 85.6 Å². The second-order valence-corrected chi connectivity index (χ2v) is 2.78. The Bertz CT molecular complexity index is 322. The number of benzene rings is 1. The van der Waals surface area contributed by atoms with Crippen molar-refractivity contribution < 1.29 is 23.0 Å². The number of esters is 1. The van der Waals surface area contributed by atoms with Gasteiger partial charge in [-0.05, 0) is 17.7 Å². The van der Waals surface area contributed by atoms with E-state index in [1.54, 1.807) is 0 Å². The molecule has 1 rings (SSSR count). The number of rotatable bonds is 4. The molecule has 1 aromatic carbocycles. The number of hydrogen-bond acceptors (Lipinski definition) is 3. The largest absolute Gasteiger partial charge is 0.469 e. The Morgan fingerprint density at radius 2 is 1.93 bits per heavy atom. The van der Waals surface area contributed by atoms with E-state index < -0.39 is 6.61 Å². The monoisotopic (exact) mass is 216 g/mol. The molecule has 82 valence electrons. The van der Waals surface area contributed by atoms with Gasteiger partial charge in [-0.3, -0.25) is 4.79 Å². The van der Waals surface area contributed by atoms with E-state index in [-0.39, 0.29) is 18.1 Å². The van der Waals surface area contributed by atoms with Crippen LogP contribution >= 0.6 is 0 Å². The molecular weight excluding hydrogens is 206 g/mol. The van der Waals surface area contributed by atoms with Crippen molar-refractivity contribution in [1.29, 1.82) is 0 Å². The number of hydrogen-bond donors (Lipinski definition) is 0. The first-order valence-corrected chi connectivity index (χ1v) is 4.22. The van der Waals surface area contributed by atoms with Crippen molar-refractivity contribution in [3.05, 3.63) is 29.8 Å². The predicted octanol–water partition coefficient (Wildman–Crippen LogP) is 2.00. The van der Waals surface area contributed by atoms with Gasteiger partial charge in [-0.1, -0.05) is 12.1 Å². The summed E-state index contributed by atoms with van der Waals surface area (Å²) in [6.45, 7) is -2.84. The van der Waals surface area contributed by atoms with Gasteiger partial charge < -0.3 is 9.47 Å². The van der Waals surface area contributed by atoms with Gasteiger partial charge in [0.1, 0.15) is 5.75 Å². The lowest BCUT2D eigenvalue weighted by Crippen LogP contribution is -2.05. The summed E-state index contributed by atoms with van der Waals surface area (Å²) in [7, 11) is 1.29. The SMILES string of the molecule is COC(=O)Cc1ccc(OC(F)F)cc1. The Morgan fingerprint density at radius 1 is 1.33 bits per heavy atom. The summed E-state index contributed by atoms with van der Waals surface area (Å²) >= 11 is 0. The van der Waals surface area contributed by atoms with Gasteiger partial charge in [0.15, 0.2) is 0 Å². The third-order valence-corrected chi connectivity index (χ3v) is 1.72. The minimum absolute atomic E-state index is 0.0682. The molecule has 0 heterocycles. The maximum absolute atomic E-state index is 11.8. The van der Waals surface area contributed by atoms with Crippen molar-refractivity contribution in [3.63, 3.8) is 0 Å². The highest BCUT2D eigenvalue weighted by Crippen LogP contribution is 2.15. The van der Waals surface area contributed by atoms with Gasteiger partial charge in [-0.2, -0.15) is 8.78 Å². The van der Waals surface area contributed by atoms with Crippen molar-refractivity contribution in [3.8, 4) is 5.75 Å². The van der Waals surface area contributed by atoms with E-state index in [2.05, 4.69) is 9.47 Å². The fourth-order valence-corrected chi connectivity index (χ4v) is 1.03. The summed E-state index contributed by atoms with van der Waals surface area (Å²) < 4.78 is 32.2. The van der Waals surface area contributed by atoms with E-state index in [0.29, 0.717) is 5.56 Å². The third kappa shape index (κ3) is 3.93. The highest BCUT2D eigenvalue weighted by Gasteiger charge is 2.05. The molecule has 15 heavy (non-hydrogen) atoms. The van der Waals surface area contributed by atoms with Gasteiger partial charge in [-0.15, -0.1) is 0 Å². The second-order valence-electron chi connectivity index (χ2n) is 2.78. The van der Waals surface area contributed by atoms with Gasteiger partial charge in [-0.25, -0.2) is 0 Å². The standard InChI is InChI=1S/C10H10F2O3/c1-14-9(13)6-7-2-4-8(5-3-7)15-10(11)12/h2-5,10H,6H2,1H3. The number of carbonyl (C=O) groups is 1. The quantitative estimate of drug-likeness (QED) is 0.722. The van der Waals surface area contributed by atoms with Crippen LogP contribution in [-0.4, -0.2) is 19.7 Å². The molecule has 0 saturated heterocycles.